The van der Waals surface area contributed by atoms with Crippen LogP contribution in [-0.4, -0.2) is 50.3 Å². The Labute approximate surface area is 124 Å². The molecule has 0 saturated heterocycles. The summed E-state index contributed by atoms with van der Waals surface area (Å²) in [6.07, 6.45) is 0.553. The van der Waals surface area contributed by atoms with Crippen LogP contribution in [0.25, 0.3) is 0 Å². The van der Waals surface area contributed by atoms with Gasteiger partial charge in [-0.1, -0.05) is 6.07 Å². The molecule has 0 atom stereocenters. The van der Waals surface area contributed by atoms with Gasteiger partial charge in [-0.3, -0.25) is 4.79 Å². The first-order valence-electron chi connectivity index (χ1n) is 6.48. The number of sulfone groups is 1. The lowest BCUT2D eigenvalue weighted by Crippen LogP contribution is -2.27. The second-order valence-corrected chi connectivity index (χ2v) is 6.87. The van der Waals surface area contributed by atoms with Crippen LogP contribution < -0.4 is 0 Å². The quantitative estimate of drug-likeness (QED) is 0.773. The molecule has 0 saturated carbocycles. The lowest BCUT2D eigenvalue weighted by atomic mass is 10.2. The third kappa shape index (κ3) is 5.94. The molecule has 1 rings (SSSR count). The molecular weight excluding hydrogens is 292 g/mol. The molecule has 0 aromatic heterocycles. The van der Waals surface area contributed by atoms with Crippen LogP contribution >= 0.6 is 0 Å². The number of benzene rings is 1. The van der Waals surface area contributed by atoms with E-state index in [0.717, 1.165) is 0 Å². The Morgan fingerprint density at radius 1 is 1.38 bits per heavy atom. The predicted octanol–water partition coefficient (Wildman–Crippen LogP) is 1.13. The van der Waals surface area contributed by atoms with Crippen LogP contribution in [0.3, 0.4) is 0 Å². The van der Waals surface area contributed by atoms with Gasteiger partial charge < -0.3 is 10.0 Å². The Balaban J connectivity index is 2.56. The molecule has 0 spiro atoms. The fraction of sp³-hybridized carbons (Fsp3) is 0.429. The van der Waals surface area contributed by atoms with Crippen molar-refractivity contribution in [2.75, 3.05) is 25.9 Å². The van der Waals surface area contributed by atoms with Crippen molar-refractivity contribution < 1.29 is 18.3 Å². The van der Waals surface area contributed by atoms with Gasteiger partial charge in [0.1, 0.15) is 0 Å². The van der Waals surface area contributed by atoms with Crippen molar-refractivity contribution >= 4 is 15.8 Å². The van der Waals surface area contributed by atoms with Gasteiger partial charge in [0.2, 0.25) is 0 Å². The minimum absolute atomic E-state index is 0.0640. The number of aliphatic carboxylic acids is 1. The van der Waals surface area contributed by atoms with Crippen molar-refractivity contribution in [2.24, 2.45) is 0 Å². The van der Waals surface area contributed by atoms with Gasteiger partial charge in [-0.15, -0.1) is 0 Å². The van der Waals surface area contributed by atoms with E-state index in [-0.39, 0.29) is 17.1 Å². The molecule has 0 aliphatic carbocycles. The molecule has 0 amide bonds. The van der Waals surface area contributed by atoms with Crippen LogP contribution in [0.1, 0.15) is 18.4 Å². The molecule has 7 heteroatoms. The maximum Gasteiger partial charge on any atom is 0.303 e. The lowest BCUT2D eigenvalue weighted by molar-refractivity contribution is -0.137. The number of nitriles is 1. The standard InChI is InChI=1S/C14H18N2O4S/c1-16(7-3-6-14(17)18)8-9-21(19,20)13-5-2-4-12(10-13)11-15/h2,4-5,10H,3,6-9H2,1H3,(H,17,18). The molecule has 0 unspecified atom stereocenters. The minimum atomic E-state index is -3.44. The SMILES string of the molecule is CN(CCCC(=O)O)CCS(=O)(=O)c1cccc(C#N)c1. The highest BCUT2D eigenvalue weighted by molar-refractivity contribution is 7.91. The molecule has 1 N–H and O–H groups in total. The summed E-state index contributed by atoms with van der Waals surface area (Å²) in [4.78, 5) is 12.3. The van der Waals surface area contributed by atoms with E-state index in [4.69, 9.17) is 10.4 Å². The second kappa shape index (κ2) is 7.76. The third-order valence-corrected chi connectivity index (χ3v) is 4.69. The highest BCUT2D eigenvalue weighted by atomic mass is 32.2. The zero-order valence-corrected chi connectivity index (χ0v) is 12.6. The Hall–Kier alpha value is -1.91. The largest absolute Gasteiger partial charge is 0.481 e. The number of carboxylic acids is 1. The Bertz CT molecular complexity index is 635. The van der Waals surface area contributed by atoms with Gasteiger partial charge >= 0.3 is 5.97 Å². The van der Waals surface area contributed by atoms with E-state index >= 15 is 0 Å². The topological polar surface area (TPSA) is 98.5 Å². The number of nitrogens with zero attached hydrogens (tertiary/aromatic N) is 2. The fourth-order valence-electron chi connectivity index (χ4n) is 1.76. The molecule has 0 heterocycles. The van der Waals surface area contributed by atoms with Gasteiger partial charge in [0.05, 0.1) is 22.3 Å². The van der Waals surface area contributed by atoms with E-state index in [2.05, 4.69) is 0 Å². The van der Waals surface area contributed by atoms with Crippen molar-refractivity contribution in [3.05, 3.63) is 29.8 Å². The third-order valence-electron chi connectivity index (χ3n) is 2.99. The maximum atomic E-state index is 12.2. The van der Waals surface area contributed by atoms with Crippen LogP contribution in [0.15, 0.2) is 29.2 Å². The molecule has 6 nitrogen and oxygen atoms in total. The van der Waals surface area contributed by atoms with Crippen molar-refractivity contribution in [3.8, 4) is 6.07 Å². The average molecular weight is 310 g/mol. The van der Waals surface area contributed by atoms with Gasteiger partial charge in [-0.05, 0) is 38.2 Å². The first-order chi connectivity index (χ1) is 9.85. The molecule has 114 valence electrons. The maximum absolute atomic E-state index is 12.2. The van der Waals surface area contributed by atoms with E-state index < -0.39 is 15.8 Å². The van der Waals surface area contributed by atoms with E-state index in [9.17, 15) is 13.2 Å². The molecule has 1 aromatic rings. The normalized spacial score (nSPS) is 11.3. The highest BCUT2D eigenvalue weighted by Gasteiger charge is 2.15. The zero-order valence-electron chi connectivity index (χ0n) is 11.8. The van der Waals surface area contributed by atoms with Gasteiger partial charge in [-0.2, -0.15) is 5.26 Å². The Morgan fingerprint density at radius 2 is 2.10 bits per heavy atom. The second-order valence-electron chi connectivity index (χ2n) is 4.76. The number of hydrogen-bond acceptors (Lipinski definition) is 5. The van der Waals surface area contributed by atoms with Gasteiger partial charge in [0.25, 0.3) is 0 Å². The van der Waals surface area contributed by atoms with E-state index in [1.165, 1.54) is 12.1 Å². The summed E-state index contributed by atoms with van der Waals surface area (Å²) in [6, 6.07) is 7.84. The van der Waals surface area contributed by atoms with Crippen LogP contribution in [0.5, 0.6) is 0 Å². The summed E-state index contributed by atoms with van der Waals surface area (Å²) >= 11 is 0. The van der Waals surface area contributed by atoms with Crippen molar-refractivity contribution in [1.29, 1.82) is 5.26 Å². The van der Waals surface area contributed by atoms with Crippen LogP contribution in [0, 0.1) is 11.3 Å². The summed E-state index contributed by atoms with van der Waals surface area (Å²) in [6.45, 7) is 0.846. The van der Waals surface area contributed by atoms with E-state index in [0.29, 0.717) is 25.1 Å². The fourth-order valence-corrected chi connectivity index (χ4v) is 3.15. The zero-order chi connectivity index (χ0) is 15.9. The predicted molar refractivity (Wildman–Crippen MR) is 77.6 cm³/mol. The van der Waals surface area contributed by atoms with Gasteiger partial charge in [0, 0.05) is 13.0 Å². The molecule has 1 aromatic carbocycles. The minimum Gasteiger partial charge on any atom is -0.481 e. The number of carboxylic acid groups (broad SMARTS) is 1. The molecule has 0 radical (unpaired) electrons. The van der Waals surface area contributed by atoms with E-state index in [1.807, 2.05) is 6.07 Å². The summed E-state index contributed by atoms with van der Waals surface area (Å²) in [5.41, 5.74) is 0.311. The van der Waals surface area contributed by atoms with Crippen molar-refractivity contribution in [2.45, 2.75) is 17.7 Å². The molecular formula is C14H18N2O4S. The van der Waals surface area contributed by atoms with Gasteiger partial charge in [-0.25, -0.2) is 8.42 Å². The smallest absolute Gasteiger partial charge is 0.303 e. The Kier molecular flexibility index (Phi) is 6.34. The van der Waals surface area contributed by atoms with Crippen LogP contribution in [-0.2, 0) is 14.6 Å². The van der Waals surface area contributed by atoms with Crippen molar-refractivity contribution in [3.63, 3.8) is 0 Å². The first kappa shape index (κ1) is 17.1. The number of carbonyl (C=O) groups is 1. The molecule has 21 heavy (non-hydrogen) atoms. The Morgan fingerprint density at radius 3 is 2.71 bits per heavy atom. The van der Waals surface area contributed by atoms with Crippen molar-refractivity contribution in [1.82, 2.24) is 4.90 Å². The molecule has 0 aliphatic heterocycles. The highest BCUT2D eigenvalue weighted by Crippen LogP contribution is 2.13. The summed E-state index contributed by atoms with van der Waals surface area (Å²) < 4.78 is 24.3. The van der Waals surface area contributed by atoms with Crippen LogP contribution in [0.2, 0.25) is 0 Å². The molecule has 0 aliphatic rings. The van der Waals surface area contributed by atoms with E-state index in [1.54, 1.807) is 24.1 Å². The number of rotatable bonds is 8. The summed E-state index contributed by atoms with van der Waals surface area (Å²) in [5, 5.41) is 17.3. The average Bonchev–Trinajstić information content (AvgIpc) is 2.45. The monoisotopic (exact) mass is 310 g/mol. The summed E-state index contributed by atoms with van der Waals surface area (Å²) in [7, 11) is -1.69. The number of hydrogen-bond donors (Lipinski definition) is 1. The lowest BCUT2D eigenvalue weighted by Gasteiger charge is -2.16. The first-order valence-corrected chi connectivity index (χ1v) is 8.13. The molecule has 0 bridgehead atoms. The van der Waals surface area contributed by atoms with Gasteiger partial charge in [0.15, 0.2) is 9.84 Å². The van der Waals surface area contributed by atoms with Crippen LogP contribution in [0.4, 0.5) is 0 Å². The summed E-state index contributed by atoms with van der Waals surface area (Å²) in [5.74, 6) is -0.921. The molecule has 0 fully saturated rings.